The number of hydrogen-bond donors (Lipinski definition) is 1. The third-order valence-electron chi connectivity index (χ3n) is 3.38. The second-order valence-corrected chi connectivity index (χ2v) is 5.99. The maximum absolute atomic E-state index is 12.2. The summed E-state index contributed by atoms with van der Waals surface area (Å²) in [7, 11) is 0. The van der Waals surface area contributed by atoms with Crippen molar-refractivity contribution >= 4 is 34.0 Å². The van der Waals surface area contributed by atoms with Gasteiger partial charge in [0.05, 0.1) is 12.1 Å². The first-order valence-electron chi connectivity index (χ1n) is 7.18. The molecule has 1 aromatic heterocycles. The van der Waals surface area contributed by atoms with Crippen molar-refractivity contribution in [3.8, 4) is 0 Å². The van der Waals surface area contributed by atoms with Crippen LogP contribution in [0, 0.1) is 0 Å². The fourth-order valence-electron chi connectivity index (χ4n) is 2.26. The van der Waals surface area contributed by atoms with E-state index in [9.17, 15) is 9.59 Å². The van der Waals surface area contributed by atoms with Gasteiger partial charge in [0.2, 0.25) is 0 Å². The van der Waals surface area contributed by atoms with Crippen molar-refractivity contribution in [1.82, 2.24) is 5.32 Å². The lowest BCUT2D eigenvalue weighted by Crippen LogP contribution is -2.28. The van der Waals surface area contributed by atoms with E-state index in [1.54, 1.807) is 23.5 Å². The Kier molecular flexibility index (Phi) is 4.68. The van der Waals surface area contributed by atoms with Gasteiger partial charge in [0, 0.05) is 4.88 Å². The third kappa shape index (κ3) is 3.76. The lowest BCUT2D eigenvalue weighted by molar-refractivity contribution is -0.124. The van der Waals surface area contributed by atoms with Gasteiger partial charge in [0.25, 0.3) is 5.91 Å². The van der Waals surface area contributed by atoms with Crippen LogP contribution in [0.3, 0.4) is 0 Å². The van der Waals surface area contributed by atoms with Gasteiger partial charge in [-0.2, -0.15) is 0 Å². The number of carbonyl (C=O) groups is 2. The molecule has 3 aromatic rings. The van der Waals surface area contributed by atoms with Gasteiger partial charge in [0.15, 0.2) is 6.61 Å². The molecular weight excluding hydrogens is 310 g/mol. The number of fused-ring (bicyclic) bond motifs is 1. The van der Waals surface area contributed by atoms with Crippen LogP contribution in [0.2, 0.25) is 0 Å². The number of ether oxygens (including phenoxy) is 1. The van der Waals surface area contributed by atoms with Crippen molar-refractivity contribution in [2.75, 3.05) is 6.61 Å². The summed E-state index contributed by atoms with van der Waals surface area (Å²) in [4.78, 5) is 25.0. The molecule has 0 atom stereocenters. The molecule has 0 spiro atoms. The third-order valence-corrected chi connectivity index (χ3v) is 4.26. The zero-order chi connectivity index (χ0) is 16.1. The largest absolute Gasteiger partial charge is 0.452 e. The Morgan fingerprint density at radius 1 is 1.00 bits per heavy atom. The smallest absolute Gasteiger partial charge is 0.339 e. The highest BCUT2D eigenvalue weighted by atomic mass is 32.1. The lowest BCUT2D eigenvalue weighted by Gasteiger charge is -2.08. The minimum Gasteiger partial charge on any atom is -0.452 e. The molecule has 0 fully saturated rings. The van der Waals surface area contributed by atoms with Crippen LogP contribution >= 0.6 is 11.3 Å². The number of thiophene rings is 1. The topological polar surface area (TPSA) is 55.4 Å². The van der Waals surface area contributed by atoms with E-state index in [-0.39, 0.29) is 12.5 Å². The SMILES string of the molecule is O=C(COC(=O)c1cccc2ccccc12)NCc1cccs1. The van der Waals surface area contributed by atoms with Gasteiger partial charge < -0.3 is 10.1 Å². The summed E-state index contributed by atoms with van der Waals surface area (Å²) < 4.78 is 5.12. The van der Waals surface area contributed by atoms with Gasteiger partial charge in [0.1, 0.15) is 0 Å². The number of nitrogens with one attached hydrogen (secondary N) is 1. The molecular formula is C18H15NO3S. The predicted molar refractivity (Wildman–Crippen MR) is 90.4 cm³/mol. The van der Waals surface area contributed by atoms with Crippen LogP contribution in [0.25, 0.3) is 10.8 Å². The highest BCUT2D eigenvalue weighted by molar-refractivity contribution is 7.09. The number of amides is 1. The highest BCUT2D eigenvalue weighted by Gasteiger charge is 2.13. The molecule has 0 aliphatic carbocycles. The predicted octanol–water partition coefficient (Wildman–Crippen LogP) is 3.37. The van der Waals surface area contributed by atoms with Gasteiger partial charge in [-0.1, -0.05) is 42.5 Å². The van der Waals surface area contributed by atoms with Crippen LogP contribution in [0.15, 0.2) is 60.0 Å². The van der Waals surface area contributed by atoms with Crippen molar-refractivity contribution in [3.63, 3.8) is 0 Å². The Hall–Kier alpha value is -2.66. The van der Waals surface area contributed by atoms with Crippen molar-refractivity contribution < 1.29 is 14.3 Å². The molecule has 3 rings (SSSR count). The van der Waals surface area contributed by atoms with Crippen LogP contribution in [-0.2, 0) is 16.1 Å². The Balaban J connectivity index is 1.59. The second kappa shape index (κ2) is 7.07. The van der Waals surface area contributed by atoms with E-state index in [1.165, 1.54) is 0 Å². The summed E-state index contributed by atoms with van der Waals surface area (Å²) in [6.07, 6.45) is 0. The molecule has 0 bridgehead atoms. The van der Waals surface area contributed by atoms with Crippen LogP contribution in [0.5, 0.6) is 0 Å². The molecule has 1 amide bonds. The molecule has 1 N–H and O–H groups in total. The van der Waals surface area contributed by atoms with Gasteiger partial charge >= 0.3 is 5.97 Å². The van der Waals surface area contributed by atoms with E-state index in [2.05, 4.69) is 5.32 Å². The fourth-order valence-corrected chi connectivity index (χ4v) is 2.91. The normalized spacial score (nSPS) is 10.4. The maximum atomic E-state index is 12.2. The maximum Gasteiger partial charge on any atom is 0.339 e. The number of hydrogen-bond acceptors (Lipinski definition) is 4. The summed E-state index contributed by atoms with van der Waals surface area (Å²) in [6.45, 7) is 0.162. The van der Waals surface area contributed by atoms with E-state index >= 15 is 0 Å². The fraction of sp³-hybridized carbons (Fsp3) is 0.111. The van der Waals surface area contributed by atoms with Crippen LogP contribution in [0.1, 0.15) is 15.2 Å². The molecule has 2 aromatic carbocycles. The molecule has 116 valence electrons. The Morgan fingerprint density at radius 3 is 2.65 bits per heavy atom. The second-order valence-electron chi connectivity index (χ2n) is 4.96. The molecule has 0 aliphatic heterocycles. The van der Waals surface area contributed by atoms with Crippen molar-refractivity contribution in [1.29, 1.82) is 0 Å². The van der Waals surface area contributed by atoms with Gasteiger partial charge in [-0.3, -0.25) is 4.79 Å². The summed E-state index contributed by atoms with van der Waals surface area (Å²) in [5, 5.41) is 6.45. The van der Waals surface area contributed by atoms with Gasteiger partial charge in [-0.15, -0.1) is 11.3 Å². The summed E-state index contributed by atoms with van der Waals surface area (Å²) in [6, 6.07) is 16.9. The molecule has 0 saturated heterocycles. The number of benzene rings is 2. The monoisotopic (exact) mass is 325 g/mol. The first-order chi connectivity index (χ1) is 11.2. The van der Waals surface area contributed by atoms with Gasteiger partial charge in [-0.25, -0.2) is 4.79 Å². The molecule has 0 aliphatic rings. The number of esters is 1. The van der Waals surface area contributed by atoms with E-state index in [4.69, 9.17) is 4.74 Å². The summed E-state index contributed by atoms with van der Waals surface area (Å²) in [5.41, 5.74) is 0.467. The standard InChI is InChI=1S/C18H15NO3S/c20-17(19-11-14-7-4-10-23-14)12-22-18(21)16-9-3-6-13-5-1-2-8-15(13)16/h1-10H,11-12H2,(H,19,20). The first-order valence-corrected chi connectivity index (χ1v) is 8.06. The zero-order valence-corrected chi connectivity index (χ0v) is 13.1. The molecule has 1 heterocycles. The van der Waals surface area contributed by atoms with Crippen LogP contribution in [-0.4, -0.2) is 18.5 Å². The minimum absolute atomic E-state index is 0.284. The van der Waals surface area contributed by atoms with Gasteiger partial charge in [-0.05, 0) is 28.3 Å². The highest BCUT2D eigenvalue weighted by Crippen LogP contribution is 2.19. The van der Waals surface area contributed by atoms with Crippen LogP contribution < -0.4 is 5.32 Å². The quantitative estimate of drug-likeness (QED) is 0.732. The Bertz CT molecular complexity index is 822. The summed E-state index contributed by atoms with van der Waals surface area (Å²) >= 11 is 1.57. The zero-order valence-electron chi connectivity index (χ0n) is 12.3. The Labute approximate surface area is 137 Å². The molecule has 0 unspecified atom stereocenters. The molecule has 0 saturated carbocycles. The van der Waals surface area contributed by atoms with Crippen molar-refractivity contribution in [2.45, 2.75) is 6.54 Å². The molecule has 4 nitrogen and oxygen atoms in total. The van der Waals surface area contributed by atoms with Crippen molar-refractivity contribution in [2.24, 2.45) is 0 Å². The van der Waals surface area contributed by atoms with Crippen LogP contribution in [0.4, 0.5) is 0 Å². The first kappa shape index (κ1) is 15.2. The number of carbonyl (C=O) groups excluding carboxylic acids is 2. The van der Waals surface area contributed by atoms with E-state index < -0.39 is 5.97 Å². The average molecular weight is 325 g/mol. The summed E-state index contributed by atoms with van der Waals surface area (Å²) in [5.74, 6) is -0.805. The van der Waals surface area contributed by atoms with Crippen molar-refractivity contribution in [3.05, 3.63) is 70.4 Å². The molecule has 0 radical (unpaired) electrons. The van der Waals surface area contributed by atoms with E-state index in [0.717, 1.165) is 15.6 Å². The lowest BCUT2D eigenvalue weighted by atomic mass is 10.1. The van der Waals surface area contributed by atoms with E-state index in [0.29, 0.717) is 12.1 Å². The molecule has 5 heteroatoms. The average Bonchev–Trinajstić information content (AvgIpc) is 3.11. The Morgan fingerprint density at radius 2 is 1.83 bits per heavy atom. The minimum atomic E-state index is -0.493. The molecule has 23 heavy (non-hydrogen) atoms. The van der Waals surface area contributed by atoms with E-state index in [1.807, 2.05) is 47.8 Å². The number of rotatable bonds is 5.